The van der Waals surface area contributed by atoms with E-state index in [4.69, 9.17) is 0 Å². The number of hydrogen-bond acceptors (Lipinski definition) is 4. The van der Waals surface area contributed by atoms with Gasteiger partial charge in [-0.3, -0.25) is 14.6 Å². The molecule has 1 saturated heterocycles. The summed E-state index contributed by atoms with van der Waals surface area (Å²) in [6, 6.07) is 18.3. The van der Waals surface area contributed by atoms with E-state index in [1.54, 1.807) is 13.1 Å². The quantitative estimate of drug-likeness (QED) is 0.465. The summed E-state index contributed by atoms with van der Waals surface area (Å²) in [6.07, 6.45) is 3.27. The molecule has 0 spiro atoms. The first-order valence-electron chi connectivity index (χ1n) is 10.2. The molecule has 7 nitrogen and oxygen atoms in total. The van der Waals surface area contributed by atoms with Gasteiger partial charge in [0.2, 0.25) is 10.0 Å². The van der Waals surface area contributed by atoms with Gasteiger partial charge in [0.25, 0.3) is 0 Å². The Bertz CT molecular complexity index is 939. The van der Waals surface area contributed by atoms with Crippen LogP contribution in [0.2, 0.25) is 0 Å². The Labute approximate surface area is 179 Å². The number of nitrogens with one attached hydrogen (secondary N) is 3. The van der Waals surface area contributed by atoms with Crippen LogP contribution in [0.1, 0.15) is 24.0 Å². The van der Waals surface area contributed by atoms with Crippen molar-refractivity contribution in [1.29, 1.82) is 0 Å². The minimum absolute atomic E-state index is 0.368. The van der Waals surface area contributed by atoms with Gasteiger partial charge in [0.15, 0.2) is 5.96 Å². The Morgan fingerprint density at radius 1 is 1.07 bits per heavy atom. The second kappa shape index (κ2) is 10.4. The lowest BCUT2D eigenvalue weighted by atomic mass is 10.0. The summed E-state index contributed by atoms with van der Waals surface area (Å²) in [4.78, 5) is 6.81. The van der Waals surface area contributed by atoms with Crippen molar-refractivity contribution in [3.8, 4) is 0 Å². The van der Waals surface area contributed by atoms with E-state index in [1.165, 1.54) is 5.56 Å². The van der Waals surface area contributed by atoms with Crippen LogP contribution in [0.5, 0.6) is 0 Å². The Morgan fingerprint density at radius 3 is 2.40 bits per heavy atom. The monoisotopic (exact) mass is 429 g/mol. The van der Waals surface area contributed by atoms with E-state index in [9.17, 15) is 8.42 Å². The normalized spacial score (nSPS) is 16.3. The Hall–Kier alpha value is -2.58. The Balaban J connectivity index is 1.48. The second-order valence-corrected chi connectivity index (χ2v) is 9.39. The van der Waals surface area contributed by atoms with Gasteiger partial charge in [0.1, 0.15) is 0 Å². The topological polar surface area (TPSA) is 85.8 Å². The molecule has 3 rings (SSSR count). The van der Waals surface area contributed by atoms with E-state index in [2.05, 4.69) is 49.5 Å². The zero-order valence-electron chi connectivity index (χ0n) is 17.6. The molecule has 2 aromatic carbocycles. The summed E-state index contributed by atoms with van der Waals surface area (Å²) in [6.45, 7) is 3.56. The molecule has 1 fully saturated rings. The Kier molecular flexibility index (Phi) is 7.70. The molecule has 1 aliphatic rings. The van der Waals surface area contributed by atoms with Crippen molar-refractivity contribution in [2.45, 2.75) is 32.0 Å². The number of benzene rings is 2. The van der Waals surface area contributed by atoms with Gasteiger partial charge in [-0.1, -0.05) is 48.5 Å². The highest BCUT2D eigenvalue weighted by Crippen LogP contribution is 2.16. The summed E-state index contributed by atoms with van der Waals surface area (Å²) >= 11 is 0. The van der Waals surface area contributed by atoms with E-state index in [1.807, 2.05) is 24.3 Å². The van der Waals surface area contributed by atoms with E-state index in [0.29, 0.717) is 18.3 Å². The lowest BCUT2D eigenvalue weighted by Crippen LogP contribution is -2.48. The zero-order chi connectivity index (χ0) is 21.4. The predicted molar refractivity (Wildman–Crippen MR) is 123 cm³/mol. The molecular formula is C22H31N5O2S. The molecule has 162 valence electrons. The molecule has 0 amide bonds. The minimum atomic E-state index is -3.32. The van der Waals surface area contributed by atoms with Gasteiger partial charge < -0.3 is 10.6 Å². The van der Waals surface area contributed by atoms with Crippen LogP contribution in [0, 0.1) is 0 Å². The standard InChI is InChI=1S/C22H31N5O2S/c1-23-22(24-16-19-10-6-7-11-21(19)26-30(2,28)29)25-20-12-14-27(15-13-20)17-18-8-4-3-5-9-18/h3-11,20,26H,12-17H2,1-2H3,(H2,23,24,25). The van der Waals surface area contributed by atoms with Crippen molar-refractivity contribution in [1.82, 2.24) is 15.5 Å². The molecule has 0 unspecified atom stereocenters. The maximum Gasteiger partial charge on any atom is 0.229 e. The highest BCUT2D eigenvalue weighted by Gasteiger charge is 2.20. The molecule has 0 radical (unpaired) electrons. The lowest BCUT2D eigenvalue weighted by Gasteiger charge is -2.33. The average Bonchev–Trinajstić information content (AvgIpc) is 2.73. The fourth-order valence-electron chi connectivity index (χ4n) is 3.62. The first kappa shape index (κ1) is 22.1. The number of sulfonamides is 1. The van der Waals surface area contributed by atoms with Crippen LogP contribution in [0.15, 0.2) is 59.6 Å². The van der Waals surface area contributed by atoms with Crippen LogP contribution in [0.4, 0.5) is 5.69 Å². The molecule has 0 atom stereocenters. The van der Waals surface area contributed by atoms with Crippen molar-refractivity contribution in [2.24, 2.45) is 4.99 Å². The largest absolute Gasteiger partial charge is 0.354 e. The SMILES string of the molecule is CN=C(NCc1ccccc1NS(C)(=O)=O)NC1CCN(Cc2ccccc2)CC1. The van der Waals surface area contributed by atoms with E-state index in [0.717, 1.165) is 50.3 Å². The number of likely N-dealkylation sites (tertiary alicyclic amines) is 1. The molecule has 0 aromatic heterocycles. The first-order valence-corrected chi connectivity index (χ1v) is 12.1. The third-order valence-corrected chi connectivity index (χ3v) is 5.75. The van der Waals surface area contributed by atoms with E-state index >= 15 is 0 Å². The maximum absolute atomic E-state index is 11.6. The number of aliphatic imine (C=N–C) groups is 1. The molecule has 2 aromatic rings. The van der Waals surface area contributed by atoms with Gasteiger partial charge in [0, 0.05) is 39.3 Å². The van der Waals surface area contributed by atoms with Gasteiger partial charge >= 0.3 is 0 Å². The zero-order valence-corrected chi connectivity index (χ0v) is 18.5. The lowest BCUT2D eigenvalue weighted by molar-refractivity contribution is 0.198. The van der Waals surface area contributed by atoms with Crippen LogP contribution in [-0.2, 0) is 23.1 Å². The second-order valence-electron chi connectivity index (χ2n) is 7.64. The van der Waals surface area contributed by atoms with Crippen molar-refractivity contribution in [3.63, 3.8) is 0 Å². The van der Waals surface area contributed by atoms with Crippen molar-refractivity contribution in [2.75, 3.05) is 31.1 Å². The number of nitrogens with zero attached hydrogens (tertiary/aromatic N) is 2. The number of rotatable bonds is 7. The van der Waals surface area contributed by atoms with Crippen LogP contribution in [0.3, 0.4) is 0 Å². The minimum Gasteiger partial charge on any atom is -0.354 e. The maximum atomic E-state index is 11.6. The summed E-state index contributed by atoms with van der Waals surface area (Å²) in [5.74, 6) is 0.727. The van der Waals surface area contributed by atoms with Crippen LogP contribution >= 0.6 is 0 Å². The molecule has 8 heteroatoms. The summed E-state index contributed by atoms with van der Waals surface area (Å²) in [5, 5.41) is 6.80. The molecule has 30 heavy (non-hydrogen) atoms. The highest BCUT2D eigenvalue weighted by atomic mass is 32.2. The summed E-state index contributed by atoms with van der Waals surface area (Å²) in [7, 11) is -1.57. The van der Waals surface area contributed by atoms with E-state index < -0.39 is 10.0 Å². The summed E-state index contributed by atoms with van der Waals surface area (Å²) < 4.78 is 25.7. The van der Waals surface area contributed by atoms with Crippen LogP contribution < -0.4 is 15.4 Å². The van der Waals surface area contributed by atoms with Gasteiger partial charge in [-0.15, -0.1) is 0 Å². The number of piperidine rings is 1. The number of para-hydroxylation sites is 1. The molecule has 3 N–H and O–H groups in total. The van der Waals surface area contributed by atoms with Crippen LogP contribution in [0.25, 0.3) is 0 Å². The fourth-order valence-corrected chi connectivity index (χ4v) is 4.22. The van der Waals surface area contributed by atoms with Gasteiger partial charge in [-0.25, -0.2) is 8.42 Å². The Morgan fingerprint density at radius 2 is 1.73 bits per heavy atom. The smallest absolute Gasteiger partial charge is 0.229 e. The average molecular weight is 430 g/mol. The van der Waals surface area contributed by atoms with Crippen LogP contribution in [-0.4, -0.2) is 51.7 Å². The molecule has 0 saturated carbocycles. The van der Waals surface area contributed by atoms with Crippen molar-refractivity contribution >= 4 is 21.7 Å². The third-order valence-electron chi connectivity index (χ3n) is 5.16. The molecule has 1 heterocycles. The fraction of sp³-hybridized carbons (Fsp3) is 0.409. The first-order chi connectivity index (χ1) is 14.4. The van der Waals surface area contributed by atoms with Gasteiger partial charge in [0.05, 0.1) is 11.9 Å². The molecular weight excluding hydrogens is 398 g/mol. The van der Waals surface area contributed by atoms with E-state index in [-0.39, 0.29) is 0 Å². The third kappa shape index (κ3) is 7.03. The number of guanidine groups is 1. The van der Waals surface area contributed by atoms with Crippen molar-refractivity contribution < 1.29 is 8.42 Å². The molecule has 0 aliphatic carbocycles. The van der Waals surface area contributed by atoms with Gasteiger partial charge in [-0.2, -0.15) is 0 Å². The van der Waals surface area contributed by atoms with Gasteiger partial charge in [-0.05, 0) is 30.0 Å². The molecule has 1 aliphatic heterocycles. The summed E-state index contributed by atoms with van der Waals surface area (Å²) in [5.41, 5.74) is 2.79. The number of anilines is 1. The number of hydrogen-bond donors (Lipinski definition) is 3. The van der Waals surface area contributed by atoms with Crippen molar-refractivity contribution in [3.05, 3.63) is 65.7 Å². The molecule has 0 bridgehead atoms. The highest BCUT2D eigenvalue weighted by molar-refractivity contribution is 7.92. The predicted octanol–water partition coefficient (Wildman–Crippen LogP) is 2.39.